The summed E-state index contributed by atoms with van der Waals surface area (Å²) in [5.41, 5.74) is 3.57. The monoisotopic (exact) mass is 376 g/mol. The molecule has 0 amide bonds. The Bertz CT molecular complexity index is 1020. The Morgan fingerprint density at radius 2 is 2.12 bits per heavy atom. The van der Waals surface area contributed by atoms with Gasteiger partial charge in [0.15, 0.2) is 21.7 Å². The van der Waals surface area contributed by atoms with Crippen molar-refractivity contribution in [1.29, 1.82) is 0 Å². The Labute approximate surface area is 149 Å². The molecule has 9 heteroatoms. The molecule has 8 nitrogen and oxygen atoms in total. The van der Waals surface area contributed by atoms with Crippen molar-refractivity contribution < 1.29 is 27.5 Å². The molecule has 4 rings (SSSR count). The van der Waals surface area contributed by atoms with Crippen molar-refractivity contribution in [2.45, 2.75) is 31.2 Å². The number of nitrogens with one attached hydrogen (secondary N) is 1. The number of Topliss-reactive ketones (excluding diaryl/α,β-unsaturated/α-hetero) is 2. The molecule has 1 aromatic carbocycles. The van der Waals surface area contributed by atoms with Crippen LogP contribution in [0.15, 0.2) is 16.1 Å². The van der Waals surface area contributed by atoms with E-state index in [9.17, 15) is 22.8 Å². The van der Waals surface area contributed by atoms with E-state index in [1.165, 1.54) is 6.07 Å². The second-order valence-electron chi connectivity index (χ2n) is 6.52. The summed E-state index contributed by atoms with van der Waals surface area (Å²) in [6, 6.07) is 0.390. The van der Waals surface area contributed by atoms with Gasteiger partial charge in [0.1, 0.15) is 11.6 Å². The van der Waals surface area contributed by atoms with Crippen molar-refractivity contribution in [3.63, 3.8) is 0 Å². The van der Waals surface area contributed by atoms with Gasteiger partial charge < -0.3 is 4.74 Å². The third-order valence-electron chi connectivity index (χ3n) is 5.00. The molecule has 2 aliphatic heterocycles. The summed E-state index contributed by atoms with van der Waals surface area (Å²) in [6.07, 6.45) is 0.188. The van der Waals surface area contributed by atoms with Gasteiger partial charge in [-0.15, -0.1) is 0 Å². The van der Waals surface area contributed by atoms with E-state index < -0.39 is 39.3 Å². The first-order chi connectivity index (χ1) is 12.3. The van der Waals surface area contributed by atoms with E-state index >= 15 is 0 Å². The third-order valence-corrected chi connectivity index (χ3v) is 6.93. The number of hydrogen-bond acceptors (Lipinski definition) is 8. The molecule has 1 aromatic rings. The van der Waals surface area contributed by atoms with Crippen LogP contribution in [-0.2, 0) is 25.8 Å². The second-order valence-corrected chi connectivity index (χ2v) is 8.57. The quantitative estimate of drug-likeness (QED) is 0.733. The number of hydrogen-bond donors (Lipinski definition) is 1. The SMILES string of the molecule is CCOC(=O)[C@H]1NN=C2C(=O)c3c(cc(C)c4c3CCS4(=O)=O)C(=O)[C@H]21. The summed E-state index contributed by atoms with van der Waals surface area (Å²) in [7, 11) is -3.46. The summed E-state index contributed by atoms with van der Waals surface area (Å²) in [6.45, 7) is 3.40. The highest BCUT2D eigenvalue weighted by Crippen LogP contribution is 2.39. The van der Waals surface area contributed by atoms with Crippen molar-refractivity contribution >= 4 is 33.1 Å². The van der Waals surface area contributed by atoms with Gasteiger partial charge in [-0.3, -0.25) is 15.0 Å². The number of carbonyl (C=O) groups is 3. The van der Waals surface area contributed by atoms with Crippen LogP contribution in [0.25, 0.3) is 0 Å². The van der Waals surface area contributed by atoms with Gasteiger partial charge in [0, 0.05) is 11.1 Å². The molecule has 0 fully saturated rings. The zero-order valence-corrected chi connectivity index (χ0v) is 15.0. The molecule has 0 saturated carbocycles. The largest absolute Gasteiger partial charge is 0.464 e. The summed E-state index contributed by atoms with van der Waals surface area (Å²) in [4.78, 5) is 38.3. The molecule has 1 aliphatic carbocycles. The van der Waals surface area contributed by atoms with E-state index in [1.54, 1.807) is 13.8 Å². The number of rotatable bonds is 2. The van der Waals surface area contributed by atoms with E-state index in [0.29, 0.717) is 11.1 Å². The highest BCUT2D eigenvalue weighted by atomic mass is 32.2. The number of sulfone groups is 1. The van der Waals surface area contributed by atoms with Crippen LogP contribution in [0.4, 0.5) is 0 Å². The van der Waals surface area contributed by atoms with Crippen molar-refractivity contribution in [2.75, 3.05) is 12.4 Å². The molecule has 2 atom stereocenters. The average molecular weight is 376 g/mol. The molecule has 26 heavy (non-hydrogen) atoms. The predicted molar refractivity (Wildman–Crippen MR) is 90.1 cm³/mol. The molecule has 0 aromatic heterocycles. The molecule has 1 N–H and O–H groups in total. The van der Waals surface area contributed by atoms with Gasteiger partial charge in [-0.1, -0.05) is 0 Å². The van der Waals surface area contributed by atoms with E-state index in [-0.39, 0.29) is 40.5 Å². The zero-order valence-electron chi connectivity index (χ0n) is 14.2. The minimum atomic E-state index is -3.46. The van der Waals surface area contributed by atoms with Crippen molar-refractivity contribution in [1.82, 2.24) is 5.43 Å². The Balaban J connectivity index is 1.89. The van der Waals surface area contributed by atoms with E-state index in [4.69, 9.17) is 4.74 Å². The maximum absolute atomic E-state index is 13.0. The van der Waals surface area contributed by atoms with E-state index in [0.717, 1.165) is 0 Å². The molecular weight excluding hydrogens is 360 g/mol. The number of nitrogens with zero attached hydrogens (tertiary/aromatic N) is 1. The Kier molecular flexibility index (Phi) is 3.56. The lowest BCUT2D eigenvalue weighted by atomic mass is 9.75. The fourth-order valence-electron chi connectivity index (χ4n) is 3.96. The standard InChI is InChI=1S/C17H16N2O6S/c1-3-25-17(22)13-11-12(18-19-13)15(21)10-8-4-5-26(23,24)16(8)7(2)6-9(10)14(11)20/h6,11,13,19H,3-5H2,1-2H3/t11-,13+/m1/s1. The first-order valence-corrected chi connectivity index (χ1v) is 9.91. The van der Waals surface area contributed by atoms with Gasteiger partial charge in [0.25, 0.3) is 0 Å². The third kappa shape index (κ3) is 2.09. The van der Waals surface area contributed by atoms with Crippen molar-refractivity contribution in [3.8, 4) is 0 Å². The van der Waals surface area contributed by atoms with Gasteiger partial charge in [-0.25, -0.2) is 13.2 Å². The van der Waals surface area contributed by atoms with Crippen LogP contribution >= 0.6 is 0 Å². The molecule has 0 saturated heterocycles. The number of benzene rings is 1. The Morgan fingerprint density at radius 3 is 2.81 bits per heavy atom. The van der Waals surface area contributed by atoms with Crippen LogP contribution in [-0.4, -0.2) is 50.1 Å². The second kappa shape index (κ2) is 5.47. The number of hydrazone groups is 1. The van der Waals surface area contributed by atoms with Gasteiger partial charge >= 0.3 is 5.97 Å². The van der Waals surface area contributed by atoms with Gasteiger partial charge in [-0.2, -0.15) is 5.10 Å². The fourth-order valence-corrected chi connectivity index (χ4v) is 5.76. The highest BCUT2D eigenvalue weighted by molar-refractivity contribution is 7.91. The van der Waals surface area contributed by atoms with Crippen LogP contribution in [0.1, 0.15) is 38.8 Å². The topological polar surface area (TPSA) is 119 Å². The normalized spacial score (nSPS) is 25.1. The summed E-state index contributed by atoms with van der Waals surface area (Å²) in [5.74, 6) is -2.71. The summed E-state index contributed by atoms with van der Waals surface area (Å²) >= 11 is 0. The van der Waals surface area contributed by atoms with Crippen molar-refractivity contribution in [2.24, 2.45) is 11.0 Å². The van der Waals surface area contributed by atoms with Crippen molar-refractivity contribution in [3.05, 3.63) is 28.3 Å². The van der Waals surface area contributed by atoms with Crippen LogP contribution in [0.2, 0.25) is 0 Å². The molecule has 3 aliphatic rings. The Morgan fingerprint density at radius 1 is 1.38 bits per heavy atom. The molecule has 0 unspecified atom stereocenters. The number of fused-ring (bicyclic) bond motifs is 4. The summed E-state index contributed by atoms with van der Waals surface area (Å²) in [5, 5.41) is 3.90. The maximum Gasteiger partial charge on any atom is 0.331 e. The smallest absolute Gasteiger partial charge is 0.331 e. The number of carbonyl (C=O) groups excluding carboxylic acids is 3. The average Bonchev–Trinajstić information content (AvgIpc) is 3.15. The summed E-state index contributed by atoms with van der Waals surface area (Å²) < 4.78 is 29.5. The van der Waals surface area contributed by atoms with Gasteiger partial charge in [-0.05, 0) is 37.5 Å². The fraction of sp³-hybridized carbons (Fsp3) is 0.412. The van der Waals surface area contributed by atoms with Crippen LogP contribution in [0, 0.1) is 12.8 Å². The lowest BCUT2D eigenvalue weighted by Gasteiger charge is -2.25. The number of ether oxygens (including phenoxy) is 1. The molecule has 136 valence electrons. The van der Waals surface area contributed by atoms with Crippen LogP contribution in [0.3, 0.4) is 0 Å². The van der Waals surface area contributed by atoms with Crippen LogP contribution in [0.5, 0.6) is 0 Å². The van der Waals surface area contributed by atoms with Gasteiger partial charge in [0.05, 0.1) is 17.3 Å². The Hall–Kier alpha value is -2.55. The number of ketones is 2. The number of aryl methyl sites for hydroxylation is 1. The minimum absolute atomic E-state index is 0.0593. The first-order valence-electron chi connectivity index (χ1n) is 8.25. The van der Waals surface area contributed by atoms with E-state index in [2.05, 4.69) is 10.5 Å². The predicted octanol–water partition coefficient (Wildman–Crippen LogP) is 0.211. The lowest BCUT2D eigenvalue weighted by molar-refractivity contribution is -0.145. The molecule has 2 heterocycles. The zero-order chi connectivity index (χ0) is 18.8. The highest BCUT2D eigenvalue weighted by Gasteiger charge is 2.51. The molecular formula is C17H16N2O6S. The van der Waals surface area contributed by atoms with Crippen LogP contribution < -0.4 is 5.43 Å². The van der Waals surface area contributed by atoms with Gasteiger partial charge in [0.2, 0.25) is 5.78 Å². The molecule has 0 radical (unpaired) electrons. The molecule has 0 spiro atoms. The first kappa shape index (κ1) is 16.9. The minimum Gasteiger partial charge on any atom is -0.464 e. The molecule has 0 bridgehead atoms. The number of esters is 1. The lowest BCUT2D eigenvalue weighted by Crippen LogP contribution is -2.47. The maximum atomic E-state index is 13.0. The van der Waals surface area contributed by atoms with E-state index in [1.807, 2.05) is 0 Å².